The minimum absolute atomic E-state index is 0.636. The third-order valence-electron chi connectivity index (χ3n) is 4.42. The molecule has 5 rings (SSSR count). The van der Waals surface area contributed by atoms with E-state index in [1.165, 1.54) is 12.8 Å². The Morgan fingerprint density at radius 3 is 2.52 bits per heavy atom. The molecule has 0 aliphatic heterocycles. The van der Waals surface area contributed by atoms with Crippen LogP contribution in [0.15, 0.2) is 52.1 Å². The van der Waals surface area contributed by atoms with Gasteiger partial charge in [-0.1, -0.05) is 24.3 Å². The minimum Gasteiger partial charge on any atom is -0.342 e. The third kappa shape index (κ3) is 2.81. The molecule has 0 spiro atoms. The highest BCUT2D eigenvalue weighted by Crippen LogP contribution is 2.39. The van der Waals surface area contributed by atoms with Gasteiger partial charge in [-0.3, -0.25) is 0 Å². The van der Waals surface area contributed by atoms with Crippen molar-refractivity contribution in [2.75, 3.05) is 0 Å². The predicted octanol–water partition coefficient (Wildman–Crippen LogP) is 5.19. The van der Waals surface area contributed by atoms with Gasteiger partial charge in [0.05, 0.1) is 17.6 Å². The Bertz CT molecular complexity index is 1080. The van der Waals surface area contributed by atoms with E-state index in [9.17, 15) is 0 Å². The predicted molar refractivity (Wildman–Crippen MR) is 103 cm³/mol. The number of hydrogen-bond donors (Lipinski definition) is 1. The summed E-state index contributed by atoms with van der Waals surface area (Å²) in [7, 11) is 0. The lowest BCUT2D eigenvalue weighted by atomic mass is 10.1. The highest BCUT2D eigenvalue weighted by atomic mass is 79.9. The monoisotopic (exact) mass is 457 g/mol. The zero-order valence-electron chi connectivity index (χ0n) is 13.1. The van der Waals surface area contributed by atoms with Gasteiger partial charge in [0.1, 0.15) is 10.4 Å². The number of rotatable bonds is 3. The van der Waals surface area contributed by atoms with E-state index in [4.69, 9.17) is 0 Å². The first-order chi connectivity index (χ1) is 12.2. The lowest BCUT2D eigenvalue weighted by Gasteiger charge is -2.00. The van der Waals surface area contributed by atoms with E-state index in [-0.39, 0.29) is 0 Å². The fourth-order valence-electron chi connectivity index (χ4n) is 2.94. The molecule has 4 aromatic rings. The van der Waals surface area contributed by atoms with Crippen LogP contribution in [0.4, 0.5) is 0 Å². The molecular weight excluding hydrogens is 446 g/mol. The second-order valence-electron chi connectivity index (χ2n) is 6.25. The van der Waals surface area contributed by atoms with Crippen molar-refractivity contribution in [1.29, 1.82) is 0 Å². The van der Waals surface area contributed by atoms with Crippen LogP contribution in [-0.4, -0.2) is 24.3 Å². The van der Waals surface area contributed by atoms with Crippen molar-refractivity contribution in [3.8, 4) is 22.5 Å². The number of fused-ring (bicyclic) bond motifs is 1. The van der Waals surface area contributed by atoms with Crippen LogP contribution in [0.2, 0.25) is 0 Å². The molecule has 1 aliphatic rings. The number of imidazole rings is 2. The highest BCUT2D eigenvalue weighted by Gasteiger charge is 2.26. The van der Waals surface area contributed by atoms with Crippen LogP contribution in [0.25, 0.3) is 28.2 Å². The van der Waals surface area contributed by atoms with Crippen molar-refractivity contribution in [3.63, 3.8) is 0 Å². The lowest BCUT2D eigenvalue weighted by Crippen LogP contribution is -1.88. The van der Waals surface area contributed by atoms with Gasteiger partial charge in [0.2, 0.25) is 0 Å². The molecule has 0 radical (unpaired) electrons. The third-order valence-corrected chi connectivity index (χ3v) is 5.33. The van der Waals surface area contributed by atoms with Crippen LogP contribution < -0.4 is 0 Å². The molecule has 3 aromatic heterocycles. The van der Waals surface area contributed by atoms with Gasteiger partial charge in [-0.15, -0.1) is 0 Å². The Labute approximate surface area is 160 Å². The first-order valence-corrected chi connectivity index (χ1v) is 9.62. The van der Waals surface area contributed by atoms with E-state index in [1.54, 1.807) is 0 Å². The van der Waals surface area contributed by atoms with Gasteiger partial charge in [-0.2, -0.15) is 0 Å². The molecule has 0 saturated heterocycles. The van der Waals surface area contributed by atoms with E-state index < -0.39 is 0 Å². The fraction of sp³-hybridized carbons (Fsp3) is 0.167. The SMILES string of the molecule is Brc1cn2cc(-c3ccc(-c4cnc(C5CC5)[nH]4)cc3)nc2c(Br)n1. The zero-order valence-corrected chi connectivity index (χ0v) is 16.2. The summed E-state index contributed by atoms with van der Waals surface area (Å²) >= 11 is 6.86. The normalized spacial score (nSPS) is 14.3. The van der Waals surface area contributed by atoms with Gasteiger partial charge in [0.15, 0.2) is 10.3 Å². The second-order valence-corrected chi connectivity index (χ2v) is 7.81. The quantitative estimate of drug-likeness (QED) is 0.459. The Kier molecular flexibility index (Phi) is 3.53. The average molecular weight is 459 g/mol. The molecule has 1 saturated carbocycles. The molecule has 124 valence electrons. The van der Waals surface area contributed by atoms with E-state index in [2.05, 4.69) is 76.1 Å². The summed E-state index contributed by atoms with van der Waals surface area (Å²) in [6, 6.07) is 8.38. The number of aromatic amines is 1. The molecule has 0 unspecified atom stereocenters. The molecule has 1 aliphatic carbocycles. The van der Waals surface area contributed by atoms with Gasteiger partial charge >= 0.3 is 0 Å². The number of nitrogens with one attached hydrogen (secondary N) is 1. The summed E-state index contributed by atoms with van der Waals surface area (Å²) in [6.07, 6.45) is 8.33. The van der Waals surface area contributed by atoms with E-state index in [0.29, 0.717) is 5.92 Å². The summed E-state index contributed by atoms with van der Waals surface area (Å²) in [5, 5.41) is 0. The van der Waals surface area contributed by atoms with Crippen molar-refractivity contribution in [2.45, 2.75) is 18.8 Å². The average Bonchev–Trinajstić information content (AvgIpc) is 3.18. The molecule has 25 heavy (non-hydrogen) atoms. The Balaban J connectivity index is 1.49. The van der Waals surface area contributed by atoms with Gasteiger partial charge in [-0.05, 0) is 50.3 Å². The minimum atomic E-state index is 0.636. The smallest absolute Gasteiger partial charge is 0.170 e. The number of halogens is 2. The molecule has 0 amide bonds. The maximum Gasteiger partial charge on any atom is 0.170 e. The second kappa shape index (κ2) is 5.78. The standard InChI is InChI=1S/C18H13Br2N5/c19-15-9-25-8-14(23-18(25)16(20)24-15)11-3-1-10(2-4-11)13-7-21-17(22-13)12-5-6-12/h1-4,7-9,12H,5-6H2,(H,21,22). The summed E-state index contributed by atoms with van der Waals surface area (Å²) in [6.45, 7) is 0. The molecule has 0 bridgehead atoms. The Hall–Kier alpha value is -1.99. The molecule has 1 fully saturated rings. The molecule has 5 nitrogen and oxygen atoms in total. The molecule has 1 aromatic carbocycles. The van der Waals surface area contributed by atoms with E-state index in [0.717, 1.165) is 43.2 Å². The number of hydrogen-bond acceptors (Lipinski definition) is 3. The zero-order chi connectivity index (χ0) is 17.0. The van der Waals surface area contributed by atoms with Crippen molar-refractivity contribution >= 4 is 37.5 Å². The van der Waals surface area contributed by atoms with E-state index >= 15 is 0 Å². The highest BCUT2D eigenvalue weighted by molar-refractivity contribution is 9.11. The van der Waals surface area contributed by atoms with Crippen molar-refractivity contribution < 1.29 is 0 Å². The van der Waals surface area contributed by atoms with Crippen molar-refractivity contribution in [3.05, 3.63) is 57.9 Å². The summed E-state index contributed by atoms with van der Waals surface area (Å²) in [5.74, 6) is 1.75. The summed E-state index contributed by atoms with van der Waals surface area (Å²) in [5.41, 5.74) is 4.98. The van der Waals surface area contributed by atoms with Crippen LogP contribution >= 0.6 is 31.9 Å². The summed E-state index contributed by atoms with van der Waals surface area (Å²) in [4.78, 5) is 16.9. The van der Waals surface area contributed by atoms with Gasteiger partial charge in [0, 0.05) is 23.9 Å². The maximum absolute atomic E-state index is 4.67. The van der Waals surface area contributed by atoms with Crippen molar-refractivity contribution in [1.82, 2.24) is 24.3 Å². The Morgan fingerprint density at radius 2 is 1.76 bits per heavy atom. The molecular formula is C18H13Br2N5. The number of H-pyrrole nitrogens is 1. The van der Waals surface area contributed by atoms with Gasteiger partial charge < -0.3 is 9.38 Å². The molecule has 1 N–H and O–H groups in total. The number of aromatic nitrogens is 5. The maximum atomic E-state index is 4.67. The lowest BCUT2D eigenvalue weighted by molar-refractivity contribution is 0.977. The first kappa shape index (κ1) is 15.3. The molecule has 3 heterocycles. The van der Waals surface area contributed by atoms with Crippen LogP contribution in [-0.2, 0) is 0 Å². The van der Waals surface area contributed by atoms with Crippen LogP contribution in [0, 0.1) is 0 Å². The van der Waals surface area contributed by atoms with Crippen LogP contribution in [0.3, 0.4) is 0 Å². The first-order valence-electron chi connectivity index (χ1n) is 8.04. The summed E-state index contributed by atoms with van der Waals surface area (Å²) < 4.78 is 3.44. The van der Waals surface area contributed by atoms with Crippen LogP contribution in [0.1, 0.15) is 24.6 Å². The topological polar surface area (TPSA) is 58.9 Å². The largest absolute Gasteiger partial charge is 0.342 e. The number of nitrogens with zero attached hydrogens (tertiary/aromatic N) is 4. The van der Waals surface area contributed by atoms with Gasteiger partial charge in [-0.25, -0.2) is 15.0 Å². The van der Waals surface area contributed by atoms with Gasteiger partial charge in [0.25, 0.3) is 0 Å². The number of benzene rings is 1. The van der Waals surface area contributed by atoms with Crippen LogP contribution in [0.5, 0.6) is 0 Å². The van der Waals surface area contributed by atoms with E-state index in [1.807, 2.05) is 23.0 Å². The fourth-order valence-corrected chi connectivity index (χ4v) is 4.06. The van der Waals surface area contributed by atoms with Crippen molar-refractivity contribution in [2.24, 2.45) is 0 Å². The Morgan fingerprint density at radius 1 is 1.00 bits per heavy atom. The molecule has 7 heteroatoms. The molecule has 0 atom stereocenters.